The lowest BCUT2D eigenvalue weighted by Gasteiger charge is -2.12. The SMILES string of the molecule is Cc1ccc(Oc2ccc(OCC(=O)Nc3ncccc3OCc3ccncc3)cc2)cc1. The van der Waals surface area contributed by atoms with Crippen molar-refractivity contribution in [1.82, 2.24) is 9.97 Å². The van der Waals surface area contributed by atoms with E-state index in [1.54, 1.807) is 55.0 Å². The number of pyridine rings is 2. The number of hydrogen-bond donors (Lipinski definition) is 1. The van der Waals surface area contributed by atoms with Gasteiger partial charge in [0.2, 0.25) is 0 Å². The summed E-state index contributed by atoms with van der Waals surface area (Å²) < 4.78 is 17.2. The summed E-state index contributed by atoms with van der Waals surface area (Å²) in [5, 5.41) is 2.73. The predicted molar refractivity (Wildman–Crippen MR) is 125 cm³/mol. The number of ether oxygens (including phenoxy) is 3. The molecule has 4 rings (SSSR count). The highest BCUT2D eigenvalue weighted by Gasteiger charge is 2.10. The summed E-state index contributed by atoms with van der Waals surface area (Å²) in [6, 6.07) is 22.1. The van der Waals surface area contributed by atoms with Crippen LogP contribution in [0.1, 0.15) is 11.1 Å². The Balaban J connectivity index is 1.28. The number of carbonyl (C=O) groups excluding carboxylic acids is 1. The molecule has 2 aromatic heterocycles. The van der Waals surface area contributed by atoms with E-state index in [1.807, 2.05) is 43.3 Å². The van der Waals surface area contributed by atoms with Crippen LogP contribution >= 0.6 is 0 Å². The average molecular weight is 441 g/mol. The van der Waals surface area contributed by atoms with E-state index in [9.17, 15) is 4.79 Å². The number of benzene rings is 2. The molecule has 0 fully saturated rings. The van der Waals surface area contributed by atoms with Crippen molar-refractivity contribution in [3.05, 3.63) is 103 Å². The second kappa shape index (κ2) is 10.8. The second-order valence-corrected chi connectivity index (χ2v) is 7.22. The predicted octanol–water partition coefficient (Wildman–Crippen LogP) is 5.17. The van der Waals surface area contributed by atoms with E-state index in [0.717, 1.165) is 11.3 Å². The van der Waals surface area contributed by atoms with Crippen molar-refractivity contribution in [2.24, 2.45) is 0 Å². The fourth-order valence-electron chi connectivity index (χ4n) is 2.90. The van der Waals surface area contributed by atoms with Gasteiger partial charge >= 0.3 is 0 Å². The molecule has 0 aliphatic rings. The van der Waals surface area contributed by atoms with Gasteiger partial charge in [-0.15, -0.1) is 0 Å². The zero-order valence-corrected chi connectivity index (χ0v) is 18.1. The minimum atomic E-state index is -0.345. The highest BCUT2D eigenvalue weighted by molar-refractivity contribution is 5.92. The fraction of sp³-hybridized carbons (Fsp3) is 0.115. The first-order valence-corrected chi connectivity index (χ1v) is 10.4. The smallest absolute Gasteiger partial charge is 0.263 e. The number of anilines is 1. The standard InChI is InChI=1S/C26H23N3O4/c1-19-4-6-22(7-5-19)33-23-10-8-21(9-11-23)31-18-25(30)29-26-24(3-2-14-28-26)32-17-20-12-15-27-16-13-20/h2-16H,17-18H2,1H3,(H,28,29,30). The van der Waals surface area contributed by atoms with Crippen molar-refractivity contribution in [3.8, 4) is 23.0 Å². The van der Waals surface area contributed by atoms with Gasteiger partial charge in [-0.2, -0.15) is 0 Å². The van der Waals surface area contributed by atoms with Crippen molar-refractivity contribution in [2.45, 2.75) is 13.5 Å². The number of aromatic nitrogens is 2. The number of hydrogen-bond acceptors (Lipinski definition) is 6. The Morgan fingerprint density at radius 1 is 0.818 bits per heavy atom. The van der Waals surface area contributed by atoms with E-state index < -0.39 is 0 Å². The largest absolute Gasteiger partial charge is 0.485 e. The van der Waals surface area contributed by atoms with E-state index in [-0.39, 0.29) is 12.5 Å². The van der Waals surface area contributed by atoms with E-state index in [2.05, 4.69) is 15.3 Å². The Hall–Kier alpha value is -4.39. The van der Waals surface area contributed by atoms with E-state index in [0.29, 0.717) is 29.7 Å². The molecule has 7 nitrogen and oxygen atoms in total. The van der Waals surface area contributed by atoms with Crippen molar-refractivity contribution < 1.29 is 19.0 Å². The van der Waals surface area contributed by atoms with Crippen LogP contribution in [0, 0.1) is 6.92 Å². The molecule has 0 saturated carbocycles. The van der Waals surface area contributed by atoms with Crippen molar-refractivity contribution >= 4 is 11.7 Å². The lowest BCUT2D eigenvalue weighted by Crippen LogP contribution is -2.21. The number of carbonyl (C=O) groups is 1. The van der Waals surface area contributed by atoms with Gasteiger partial charge < -0.3 is 19.5 Å². The van der Waals surface area contributed by atoms with Crippen LogP contribution in [0.25, 0.3) is 0 Å². The minimum Gasteiger partial charge on any atom is -0.485 e. The van der Waals surface area contributed by atoms with E-state index in [1.165, 1.54) is 5.56 Å². The lowest BCUT2D eigenvalue weighted by atomic mass is 10.2. The molecule has 0 unspecified atom stereocenters. The normalized spacial score (nSPS) is 10.3. The van der Waals surface area contributed by atoms with Crippen molar-refractivity contribution in [3.63, 3.8) is 0 Å². The van der Waals surface area contributed by atoms with Gasteiger partial charge in [-0.25, -0.2) is 4.98 Å². The molecule has 1 N–H and O–H groups in total. The topological polar surface area (TPSA) is 82.6 Å². The van der Waals surface area contributed by atoms with Crippen LogP contribution in [0.2, 0.25) is 0 Å². The maximum Gasteiger partial charge on any atom is 0.263 e. The number of amides is 1. The summed E-state index contributed by atoms with van der Waals surface area (Å²) in [4.78, 5) is 20.6. The molecule has 0 aliphatic heterocycles. The van der Waals surface area contributed by atoms with Gasteiger partial charge in [-0.3, -0.25) is 9.78 Å². The summed E-state index contributed by atoms with van der Waals surface area (Å²) in [6.45, 7) is 2.19. The van der Waals surface area contributed by atoms with Crippen LogP contribution < -0.4 is 19.5 Å². The average Bonchev–Trinajstić information content (AvgIpc) is 2.85. The third kappa shape index (κ3) is 6.54. The molecule has 0 spiro atoms. The van der Waals surface area contributed by atoms with Crippen LogP contribution in [0.5, 0.6) is 23.0 Å². The molecule has 166 valence electrons. The van der Waals surface area contributed by atoms with Crippen LogP contribution in [-0.2, 0) is 11.4 Å². The molecule has 33 heavy (non-hydrogen) atoms. The monoisotopic (exact) mass is 441 g/mol. The second-order valence-electron chi connectivity index (χ2n) is 7.22. The summed E-state index contributed by atoms with van der Waals surface area (Å²) in [5.41, 5.74) is 2.13. The third-order valence-corrected chi connectivity index (χ3v) is 4.62. The Morgan fingerprint density at radius 2 is 1.48 bits per heavy atom. The van der Waals surface area contributed by atoms with Gasteiger partial charge in [-0.05, 0) is 73.2 Å². The summed E-state index contributed by atoms with van der Waals surface area (Å²) in [7, 11) is 0. The third-order valence-electron chi connectivity index (χ3n) is 4.62. The molecule has 0 bridgehead atoms. The molecule has 0 atom stereocenters. The first-order chi connectivity index (χ1) is 16.2. The maximum atomic E-state index is 12.4. The highest BCUT2D eigenvalue weighted by atomic mass is 16.5. The Bertz CT molecular complexity index is 1180. The molecule has 0 radical (unpaired) electrons. The molecule has 1 amide bonds. The molecule has 7 heteroatoms. The van der Waals surface area contributed by atoms with Crippen LogP contribution in [0.15, 0.2) is 91.4 Å². The molecule has 4 aromatic rings. The molecular formula is C26H23N3O4. The van der Waals surface area contributed by atoms with Crippen molar-refractivity contribution in [2.75, 3.05) is 11.9 Å². The zero-order chi connectivity index (χ0) is 22.9. The molecule has 0 saturated heterocycles. The van der Waals surface area contributed by atoms with Crippen LogP contribution in [0.4, 0.5) is 5.82 Å². The number of rotatable bonds is 9. The van der Waals surface area contributed by atoms with E-state index >= 15 is 0 Å². The lowest BCUT2D eigenvalue weighted by molar-refractivity contribution is -0.118. The minimum absolute atomic E-state index is 0.168. The Labute approximate surface area is 192 Å². The summed E-state index contributed by atoms with van der Waals surface area (Å²) in [5.74, 6) is 2.45. The van der Waals surface area contributed by atoms with Crippen molar-refractivity contribution in [1.29, 1.82) is 0 Å². The number of nitrogens with one attached hydrogen (secondary N) is 1. The van der Waals surface area contributed by atoms with Gasteiger partial charge in [0, 0.05) is 18.6 Å². The van der Waals surface area contributed by atoms with Crippen LogP contribution in [0.3, 0.4) is 0 Å². The summed E-state index contributed by atoms with van der Waals surface area (Å²) >= 11 is 0. The van der Waals surface area contributed by atoms with Gasteiger partial charge in [0.25, 0.3) is 5.91 Å². The molecule has 2 heterocycles. The first-order valence-electron chi connectivity index (χ1n) is 10.4. The summed E-state index contributed by atoms with van der Waals surface area (Å²) in [6.07, 6.45) is 4.98. The molecule has 2 aromatic carbocycles. The van der Waals surface area contributed by atoms with Gasteiger partial charge in [0.15, 0.2) is 18.2 Å². The molecular weight excluding hydrogens is 418 g/mol. The number of aryl methyl sites for hydroxylation is 1. The maximum absolute atomic E-state index is 12.4. The van der Waals surface area contributed by atoms with Gasteiger partial charge in [-0.1, -0.05) is 17.7 Å². The van der Waals surface area contributed by atoms with Gasteiger partial charge in [0.1, 0.15) is 23.9 Å². The van der Waals surface area contributed by atoms with Crippen LogP contribution in [-0.4, -0.2) is 22.5 Å². The molecule has 0 aliphatic carbocycles. The zero-order valence-electron chi connectivity index (χ0n) is 18.1. The van der Waals surface area contributed by atoms with E-state index in [4.69, 9.17) is 14.2 Å². The quantitative estimate of drug-likeness (QED) is 0.386. The number of nitrogens with zero attached hydrogens (tertiary/aromatic N) is 2. The fourth-order valence-corrected chi connectivity index (χ4v) is 2.90. The highest BCUT2D eigenvalue weighted by Crippen LogP contribution is 2.25. The van der Waals surface area contributed by atoms with Gasteiger partial charge in [0.05, 0.1) is 0 Å². The Kier molecular flexibility index (Phi) is 7.12. The first kappa shape index (κ1) is 21.8. The Morgan fingerprint density at radius 3 is 2.21 bits per heavy atom.